The molecule has 0 radical (unpaired) electrons. The second kappa shape index (κ2) is 8.88. The molecule has 0 atom stereocenters. The zero-order chi connectivity index (χ0) is 18.7. The lowest BCUT2D eigenvalue weighted by atomic mass is 10.0. The monoisotopic (exact) mass is 428 g/mol. The fraction of sp³-hybridized carbons (Fsp3) is 0.278. The molecule has 2 N–H and O–H groups in total. The van der Waals surface area contributed by atoms with Gasteiger partial charge in [0.1, 0.15) is 20.3 Å². The number of aromatic amines is 1. The summed E-state index contributed by atoms with van der Waals surface area (Å²) in [5.74, 6) is 0.819. The Bertz CT molecular complexity index is 1130. The fourth-order valence-corrected chi connectivity index (χ4v) is 4.13. The summed E-state index contributed by atoms with van der Waals surface area (Å²) in [7, 11) is -1.35. The lowest BCUT2D eigenvalue weighted by molar-refractivity contribution is 0.414. The summed E-state index contributed by atoms with van der Waals surface area (Å²) in [6, 6.07) is 5.61. The Morgan fingerprint density at radius 2 is 2.07 bits per heavy atom. The number of pyridine rings is 1. The van der Waals surface area contributed by atoms with Crippen LogP contribution in [0.5, 0.6) is 5.75 Å². The molecule has 0 aliphatic rings. The summed E-state index contributed by atoms with van der Waals surface area (Å²) in [6.45, 7) is 0.934. The van der Waals surface area contributed by atoms with Crippen LogP contribution in [0, 0.1) is 0 Å². The molecule has 0 unspecified atom stereocenters. The van der Waals surface area contributed by atoms with Gasteiger partial charge in [0.25, 0.3) is 5.56 Å². The van der Waals surface area contributed by atoms with Gasteiger partial charge in [-0.1, -0.05) is 12.2 Å². The van der Waals surface area contributed by atoms with Crippen molar-refractivity contribution in [2.24, 2.45) is 0 Å². The number of benzene rings is 1. The van der Waals surface area contributed by atoms with E-state index in [2.05, 4.69) is 10.3 Å². The van der Waals surface area contributed by atoms with Crippen LogP contribution in [0.2, 0.25) is 0 Å². The molecule has 0 spiro atoms. The normalized spacial score (nSPS) is 11.9. The van der Waals surface area contributed by atoms with Gasteiger partial charge in [0.05, 0.1) is 12.9 Å². The minimum atomic E-state index is -2.96. The van der Waals surface area contributed by atoms with Gasteiger partial charge in [0.2, 0.25) is 0 Å². The van der Waals surface area contributed by atoms with Gasteiger partial charge in [-0.2, -0.15) is 0 Å². The standard InChI is InChI=1S/C18H20N2O4S2.ClH/c1-24-15-6-5-14-16(13-7-10-25-17(13)18(21)20-14)12(15)4-3-8-19-9-11-26(2,22)23;/h3-7,10,19H,8-9,11H2,1-2H3,(H,20,21);1H. The van der Waals surface area contributed by atoms with Gasteiger partial charge >= 0.3 is 0 Å². The number of hydrogen-bond acceptors (Lipinski definition) is 6. The third kappa shape index (κ3) is 4.90. The van der Waals surface area contributed by atoms with Crippen molar-refractivity contribution in [3.63, 3.8) is 0 Å². The first-order chi connectivity index (χ1) is 12.4. The molecule has 0 aliphatic heterocycles. The van der Waals surface area contributed by atoms with Crippen LogP contribution < -0.4 is 15.6 Å². The highest BCUT2D eigenvalue weighted by Gasteiger charge is 2.12. The second-order valence-electron chi connectivity index (χ2n) is 5.96. The smallest absolute Gasteiger partial charge is 0.266 e. The van der Waals surface area contributed by atoms with Gasteiger partial charge in [-0.3, -0.25) is 4.79 Å². The van der Waals surface area contributed by atoms with Gasteiger partial charge in [0, 0.05) is 41.2 Å². The molecule has 0 amide bonds. The van der Waals surface area contributed by atoms with Crippen molar-refractivity contribution in [2.75, 3.05) is 32.2 Å². The van der Waals surface area contributed by atoms with Crippen molar-refractivity contribution in [1.29, 1.82) is 0 Å². The predicted molar refractivity (Wildman–Crippen MR) is 115 cm³/mol. The van der Waals surface area contributed by atoms with Crippen LogP contribution in [0.4, 0.5) is 0 Å². The minimum Gasteiger partial charge on any atom is -0.496 e. The number of halogens is 1. The van der Waals surface area contributed by atoms with Crippen molar-refractivity contribution in [1.82, 2.24) is 10.3 Å². The number of aromatic nitrogens is 1. The quantitative estimate of drug-likeness (QED) is 0.565. The molecule has 146 valence electrons. The van der Waals surface area contributed by atoms with Crippen LogP contribution >= 0.6 is 23.7 Å². The van der Waals surface area contributed by atoms with Gasteiger partial charge in [-0.15, -0.1) is 23.7 Å². The molecule has 2 heterocycles. The van der Waals surface area contributed by atoms with Crippen molar-refractivity contribution in [3.8, 4) is 5.75 Å². The van der Waals surface area contributed by atoms with E-state index in [9.17, 15) is 13.2 Å². The van der Waals surface area contributed by atoms with Gasteiger partial charge in [-0.25, -0.2) is 8.42 Å². The topological polar surface area (TPSA) is 88.3 Å². The molecule has 0 aliphatic carbocycles. The highest BCUT2D eigenvalue weighted by atomic mass is 35.5. The third-order valence-electron chi connectivity index (χ3n) is 4.01. The first-order valence-electron chi connectivity index (χ1n) is 8.06. The summed E-state index contributed by atoms with van der Waals surface area (Å²) in [5, 5.41) is 6.82. The maximum Gasteiger partial charge on any atom is 0.266 e. The Kier molecular flexibility index (Phi) is 7.05. The molecular formula is C18H21ClN2O4S2. The summed E-state index contributed by atoms with van der Waals surface area (Å²) in [4.78, 5) is 15.1. The molecule has 0 saturated heterocycles. The summed E-state index contributed by atoms with van der Waals surface area (Å²) >= 11 is 1.41. The number of rotatable bonds is 7. The summed E-state index contributed by atoms with van der Waals surface area (Å²) in [6.07, 6.45) is 5.07. The van der Waals surface area contributed by atoms with Crippen molar-refractivity contribution < 1.29 is 13.2 Å². The van der Waals surface area contributed by atoms with Crippen LogP contribution in [-0.2, 0) is 9.84 Å². The van der Waals surface area contributed by atoms with E-state index >= 15 is 0 Å². The van der Waals surface area contributed by atoms with Crippen LogP contribution in [0.3, 0.4) is 0 Å². The van der Waals surface area contributed by atoms with E-state index in [1.165, 1.54) is 17.6 Å². The Balaban J connectivity index is 0.00000261. The number of ether oxygens (including phenoxy) is 1. The van der Waals surface area contributed by atoms with Crippen LogP contribution in [-0.4, -0.2) is 45.6 Å². The van der Waals surface area contributed by atoms with Crippen molar-refractivity contribution in [3.05, 3.63) is 45.6 Å². The van der Waals surface area contributed by atoms with Gasteiger partial charge in [0.15, 0.2) is 0 Å². The number of fused-ring (bicyclic) bond motifs is 3. The maximum absolute atomic E-state index is 12.2. The first kappa shape index (κ1) is 21.4. The number of nitrogens with one attached hydrogen (secondary N) is 2. The van der Waals surface area contributed by atoms with E-state index < -0.39 is 9.84 Å². The van der Waals surface area contributed by atoms with E-state index in [-0.39, 0.29) is 23.7 Å². The van der Waals surface area contributed by atoms with Crippen LogP contribution in [0.1, 0.15) is 5.56 Å². The van der Waals surface area contributed by atoms with Crippen LogP contribution in [0.25, 0.3) is 27.1 Å². The second-order valence-corrected chi connectivity index (χ2v) is 9.13. The Morgan fingerprint density at radius 1 is 1.30 bits per heavy atom. The number of hydrogen-bond donors (Lipinski definition) is 2. The molecule has 6 nitrogen and oxygen atoms in total. The van der Waals surface area contributed by atoms with Crippen LogP contribution in [0.15, 0.2) is 34.4 Å². The Hall–Kier alpha value is -1.87. The zero-order valence-electron chi connectivity index (χ0n) is 14.9. The summed E-state index contributed by atoms with van der Waals surface area (Å²) in [5.41, 5.74) is 1.55. The third-order valence-corrected chi connectivity index (χ3v) is 5.87. The molecule has 1 aromatic carbocycles. The largest absolute Gasteiger partial charge is 0.496 e. The average molecular weight is 429 g/mol. The molecule has 2 aromatic heterocycles. The summed E-state index contributed by atoms with van der Waals surface area (Å²) < 4.78 is 28.5. The lowest BCUT2D eigenvalue weighted by Crippen LogP contribution is -2.22. The molecule has 0 fully saturated rings. The first-order valence-corrected chi connectivity index (χ1v) is 11.0. The number of H-pyrrole nitrogens is 1. The number of sulfone groups is 1. The predicted octanol–water partition coefficient (Wildman–Crippen LogP) is 2.82. The van der Waals surface area contributed by atoms with E-state index in [1.54, 1.807) is 7.11 Å². The molecule has 9 heteroatoms. The minimum absolute atomic E-state index is 0. The van der Waals surface area contributed by atoms with Crippen molar-refractivity contribution in [2.45, 2.75) is 0 Å². The zero-order valence-corrected chi connectivity index (χ0v) is 17.4. The average Bonchev–Trinajstić information content (AvgIpc) is 3.07. The van der Waals surface area contributed by atoms with Gasteiger partial charge in [-0.05, 0) is 23.6 Å². The molecule has 0 bridgehead atoms. The lowest BCUT2D eigenvalue weighted by Gasteiger charge is -2.10. The van der Waals surface area contributed by atoms with Crippen molar-refractivity contribution >= 4 is 60.6 Å². The fourth-order valence-electron chi connectivity index (χ4n) is 2.82. The molecular weight excluding hydrogens is 408 g/mol. The van der Waals surface area contributed by atoms with E-state index in [0.717, 1.165) is 21.9 Å². The molecule has 3 aromatic rings. The molecule has 27 heavy (non-hydrogen) atoms. The maximum atomic E-state index is 12.2. The molecule has 0 saturated carbocycles. The molecule has 3 rings (SSSR count). The van der Waals surface area contributed by atoms with Gasteiger partial charge < -0.3 is 15.0 Å². The number of methoxy groups -OCH3 is 1. The SMILES string of the molecule is COc1ccc2[nH]c(=O)c3sccc3c2c1C=CCNCCS(C)(=O)=O.Cl. The van der Waals surface area contributed by atoms with E-state index in [0.29, 0.717) is 23.5 Å². The highest BCUT2D eigenvalue weighted by molar-refractivity contribution is 7.90. The Morgan fingerprint density at radius 3 is 2.78 bits per heavy atom. The number of thiophene rings is 1. The highest BCUT2D eigenvalue weighted by Crippen LogP contribution is 2.33. The van der Waals surface area contributed by atoms with E-state index in [1.807, 2.05) is 35.7 Å². The van der Waals surface area contributed by atoms with E-state index in [4.69, 9.17) is 4.74 Å². The Labute approximate surface area is 167 Å².